The highest BCUT2D eigenvalue weighted by Crippen LogP contribution is 2.32. The molecule has 0 saturated carbocycles. The molecule has 142 valence electrons. The lowest BCUT2D eigenvalue weighted by atomic mass is 10.2. The van der Waals surface area contributed by atoms with E-state index in [4.69, 9.17) is 27.9 Å². The molecular weight excluding hydrogens is 405 g/mol. The van der Waals surface area contributed by atoms with Gasteiger partial charge in [0.1, 0.15) is 5.75 Å². The van der Waals surface area contributed by atoms with Crippen LogP contribution < -0.4 is 10.1 Å². The fraction of sp³-hybridized carbons (Fsp3) is 0.278. The van der Waals surface area contributed by atoms with Gasteiger partial charge in [-0.1, -0.05) is 53.2 Å². The number of thioether (sulfide) groups is 1. The molecule has 1 aromatic heterocycles. The van der Waals surface area contributed by atoms with E-state index in [0.29, 0.717) is 22.3 Å². The third-order valence-electron chi connectivity index (χ3n) is 3.78. The number of hydrogen-bond donors (Lipinski definition) is 1. The van der Waals surface area contributed by atoms with Crippen LogP contribution in [0.25, 0.3) is 5.69 Å². The maximum absolute atomic E-state index is 6.16. The highest BCUT2D eigenvalue weighted by atomic mass is 35.5. The van der Waals surface area contributed by atoms with Gasteiger partial charge in [0.2, 0.25) is 5.16 Å². The Morgan fingerprint density at radius 2 is 2.00 bits per heavy atom. The Kier molecular flexibility index (Phi) is 7.34. The fourth-order valence-corrected chi connectivity index (χ4v) is 4.00. The minimum absolute atomic E-state index is 0.519. The van der Waals surface area contributed by atoms with Crippen molar-refractivity contribution in [3.63, 3.8) is 0 Å². The van der Waals surface area contributed by atoms with Gasteiger partial charge >= 0.3 is 0 Å². The number of nitrogens with zero attached hydrogens (tertiary/aromatic N) is 4. The number of tetrazole rings is 1. The summed E-state index contributed by atoms with van der Waals surface area (Å²) < 4.78 is 7.10. The van der Waals surface area contributed by atoms with E-state index in [-0.39, 0.29) is 0 Å². The fourth-order valence-electron chi connectivity index (χ4n) is 2.56. The number of halogens is 2. The average Bonchev–Trinajstić information content (AvgIpc) is 3.13. The summed E-state index contributed by atoms with van der Waals surface area (Å²) >= 11 is 13.9. The average molecular weight is 424 g/mol. The first-order chi connectivity index (χ1) is 13.2. The van der Waals surface area contributed by atoms with Gasteiger partial charge in [-0.3, -0.25) is 0 Å². The molecule has 1 N–H and O–H groups in total. The Morgan fingerprint density at radius 3 is 2.78 bits per heavy atom. The molecule has 0 bridgehead atoms. The molecule has 0 aliphatic heterocycles. The van der Waals surface area contributed by atoms with Crippen molar-refractivity contribution in [1.29, 1.82) is 0 Å². The van der Waals surface area contributed by atoms with Crippen molar-refractivity contribution in [2.24, 2.45) is 0 Å². The molecule has 0 unspecified atom stereocenters. The highest BCUT2D eigenvalue weighted by Gasteiger charge is 2.10. The van der Waals surface area contributed by atoms with Gasteiger partial charge in [-0.05, 0) is 47.7 Å². The number of hydrogen-bond acceptors (Lipinski definition) is 6. The minimum Gasteiger partial charge on any atom is -0.495 e. The molecule has 2 aromatic carbocycles. The van der Waals surface area contributed by atoms with Gasteiger partial charge in [0, 0.05) is 22.9 Å². The van der Waals surface area contributed by atoms with Crippen molar-refractivity contribution in [3.8, 4) is 11.4 Å². The molecule has 6 nitrogen and oxygen atoms in total. The van der Waals surface area contributed by atoms with E-state index >= 15 is 0 Å². The zero-order valence-electron chi connectivity index (χ0n) is 14.7. The standard InChI is InChI=1S/C18H19Cl2N5OS/c1-26-17-13(10-14(19)11-16(17)20)12-21-8-5-9-27-18-22-23-24-25(18)15-6-3-2-4-7-15/h2-4,6-7,10-11,21H,5,8-9,12H2,1H3. The van der Waals surface area contributed by atoms with Crippen LogP contribution in [0.2, 0.25) is 10.0 Å². The molecule has 0 fully saturated rings. The normalized spacial score (nSPS) is 10.9. The monoisotopic (exact) mass is 423 g/mol. The lowest BCUT2D eigenvalue weighted by Crippen LogP contribution is -2.16. The molecule has 0 aliphatic carbocycles. The minimum atomic E-state index is 0.519. The SMILES string of the molecule is COc1c(Cl)cc(Cl)cc1CNCCCSc1nnnn1-c1ccccc1. The summed E-state index contributed by atoms with van der Waals surface area (Å²) in [5.74, 6) is 1.55. The predicted octanol–water partition coefficient (Wildman–Crippen LogP) is 4.25. The first kappa shape index (κ1) is 19.9. The highest BCUT2D eigenvalue weighted by molar-refractivity contribution is 7.99. The number of ether oxygens (including phenoxy) is 1. The molecule has 0 aliphatic rings. The van der Waals surface area contributed by atoms with E-state index in [1.807, 2.05) is 36.4 Å². The van der Waals surface area contributed by atoms with E-state index in [0.717, 1.165) is 35.1 Å². The van der Waals surface area contributed by atoms with Crippen molar-refractivity contribution in [3.05, 3.63) is 58.1 Å². The van der Waals surface area contributed by atoms with Crippen LogP contribution in [-0.2, 0) is 6.54 Å². The Hall–Kier alpha value is -1.80. The summed E-state index contributed by atoms with van der Waals surface area (Å²) in [6, 6.07) is 13.4. The first-order valence-electron chi connectivity index (χ1n) is 8.38. The molecule has 27 heavy (non-hydrogen) atoms. The van der Waals surface area contributed by atoms with Gasteiger partial charge in [0.15, 0.2) is 0 Å². The predicted molar refractivity (Wildman–Crippen MR) is 109 cm³/mol. The van der Waals surface area contributed by atoms with Gasteiger partial charge in [0.05, 0.1) is 17.8 Å². The van der Waals surface area contributed by atoms with Crippen LogP contribution in [0.3, 0.4) is 0 Å². The summed E-state index contributed by atoms with van der Waals surface area (Å²) in [6.45, 7) is 1.48. The second-order valence-electron chi connectivity index (χ2n) is 5.67. The summed E-state index contributed by atoms with van der Waals surface area (Å²) in [4.78, 5) is 0. The zero-order valence-corrected chi connectivity index (χ0v) is 17.1. The summed E-state index contributed by atoms with van der Waals surface area (Å²) in [7, 11) is 1.60. The molecule has 0 atom stereocenters. The topological polar surface area (TPSA) is 64.9 Å². The van der Waals surface area contributed by atoms with E-state index in [9.17, 15) is 0 Å². The quantitative estimate of drug-likeness (QED) is 0.409. The van der Waals surface area contributed by atoms with Crippen LogP contribution in [-0.4, -0.2) is 39.6 Å². The zero-order chi connectivity index (χ0) is 19.1. The van der Waals surface area contributed by atoms with E-state index < -0.39 is 0 Å². The van der Waals surface area contributed by atoms with Crippen LogP contribution in [0, 0.1) is 0 Å². The molecule has 3 aromatic rings. The van der Waals surface area contributed by atoms with Crippen molar-refractivity contribution in [1.82, 2.24) is 25.5 Å². The number of nitrogens with one attached hydrogen (secondary N) is 1. The van der Waals surface area contributed by atoms with E-state index in [1.165, 1.54) is 0 Å². The smallest absolute Gasteiger partial charge is 0.214 e. The molecule has 0 radical (unpaired) electrons. The van der Waals surface area contributed by atoms with Crippen molar-refractivity contribution >= 4 is 35.0 Å². The van der Waals surface area contributed by atoms with Gasteiger partial charge in [-0.2, -0.15) is 4.68 Å². The molecule has 0 saturated heterocycles. The van der Waals surface area contributed by atoms with Crippen LogP contribution in [0.4, 0.5) is 0 Å². The number of aromatic nitrogens is 4. The molecule has 1 heterocycles. The maximum Gasteiger partial charge on any atom is 0.214 e. The van der Waals surface area contributed by atoms with Crippen molar-refractivity contribution in [2.75, 3.05) is 19.4 Å². The number of methoxy groups -OCH3 is 1. The Bertz CT molecular complexity index is 875. The number of benzene rings is 2. The third kappa shape index (κ3) is 5.35. The second-order valence-corrected chi connectivity index (χ2v) is 7.57. The van der Waals surface area contributed by atoms with Crippen molar-refractivity contribution < 1.29 is 4.74 Å². The summed E-state index contributed by atoms with van der Waals surface area (Å²) in [5, 5.41) is 17.2. The molecule has 0 spiro atoms. The lowest BCUT2D eigenvalue weighted by molar-refractivity contribution is 0.408. The van der Waals surface area contributed by atoms with Gasteiger partial charge in [-0.25, -0.2) is 0 Å². The largest absolute Gasteiger partial charge is 0.495 e. The Morgan fingerprint density at radius 1 is 1.19 bits per heavy atom. The van der Waals surface area contributed by atoms with Crippen LogP contribution in [0.5, 0.6) is 5.75 Å². The van der Waals surface area contributed by atoms with E-state index in [2.05, 4.69) is 20.8 Å². The van der Waals surface area contributed by atoms with Crippen LogP contribution >= 0.6 is 35.0 Å². The van der Waals surface area contributed by atoms with Crippen LogP contribution in [0.15, 0.2) is 47.6 Å². The molecule has 3 rings (SSSR count). The lowest BCUT2D eigenvalue weighted by Gasteiger charge is -2.12. The Labute approximate surface area is 172 Å². The Balaban J connectivity index is 1.46. The van der Waals surface area contributed by atoms with Gasteiger partial charge in [-0.15, -0.1) is 5.10 Å². The summed E-state index contributed by atoms with van der Waals surface area (Å²) in [5.41, 5.74) is 1.89. The van der Waals surface area contributed by atoms with Crippen molar-refractivity contribution in [2.45, 2.75) is 18.1 Å². The first-order valence-corrected chi connectivity index (χ1v) is 10.1. The van der Waals surface area contributed by atoms with Crippen LogP contribution in [0.1, 0.15) is 12.0 Å². The third-order valence-corrected chi connectivity index (χ3v) is 5.28. The number of para-hydroxylation sites is 1. The number of rotatable bonds is 9. The van der Waals surface area contributed by atoms with Gasteiger partial charge < -0.3 is 10.1 Å². The maximum atomic E-state index is 6.16. The molecular formula is C18H19Cl2N5OS. The molecule has 9 heteroatoms. The van der Waals surface area contributed by atoms with Gasteiger partial charge in [0.25, 0.3) is 0 Å². The van der Waals surface area contributed by atoms with E-state index in [1.54, 1.807) is 29.6 Å². The second kappa shape index (κ2) is 9.94. The molecule has 0 amide bonds. The summed E-state index contributed by atoms with van der Waals surface area (Å²) in [6.07, 6.45) is 0.961.